The maximum Gasteiger partial charge on any atom is -0.0162 e. The first-order valence-electron chi connectivity index (χ1n) is 15.5. The monoisotopic (exact) mass is 472 g/mol. The van der Waals surface area contributed by atoms with Crippen LogP contribution in [0.15, 0.2) is 48.5 Å². The van der Waals surface area contributed by atoms with E-state index < -0.39 is 0 Å². The van der Waals surface area contributed by atoms with Crippen LogP contribution in [0, 0.1) is 11.8 Å². The Morgan fingerprint density at radius 1 is 0.457 bits per heavy atom. The predicted octanol–water partition coefficient (Wildman–Crippen LogP) is 11.5. The van der Waals surface area contributed by atoms with Gasteiger partial charge in [0.1, 0.15) is 0 Å². The molecular formula is C35H52. The summed E-state index contributed by atoms with van der Waals surface area (Å²) in [5, 5.41) is 0. The molecule has 0 amide bonds. The third-order valence-electron chi connectivity index (χ3n) is 9.45. The highest BCUT2D eigenvalue weighted by atomic mass is 14.3. The topological polar surface area (TPSA) is 0 Å². The molecule has 0 N–H and O–H groups in total. The molecule has 2 fully saturated rings. The van der Waals surface area contributed by atoms with E-state index in [1.165, 1.54) is 120 Å². The molecule has 2 aromatic carbocycles. The zero-order chi connectivity index (χ0) is 24.3. The molecule has 0 radical (unpaired) electrons. The van der Waals surface area contributed by atoms with E-state index in [2.05, 4.69) is 62.4 Å². The maximum absolute atomic E-state index is 2.43. The zero-order valence-electron chi connectivity index (χ0n) is 22.9. The summed E-state index contributed by atoms with van der Waals surface area (Å²) >= 11 is 0. The van der Waals surface area contributed by atoms with Gasteiger partial charge >= 0.3 is 0 Å². The molecule has 0 unspecified atom stereocenters. The number of rotatable bonds is 12. The van der Waals surface area contributed by atoms with E-state index in [-0.39, 0.29) is 0 Å². The largest absolute Gasteiger partial charge is 0.0654 e. The van der Waals surface area contributed by atoms with Gasteiger partial charge in [0.05, 0.1) is 0 Å². The average Bonchev–Trinajstić information content (AvgIpc) is 2.92. The van der Waals surface area contributed by atoms with E-state index in [0.717, 1.165) is 23.7 Å². The van der Waals surface area contributed by atoms with Crippen LogP contribution < -0.4 is 0 Å². The van der Waals surface area contributed by atoms with Crippen LogP contribution in [-0.4, -0.2) is 0 Å². The van der Waals surface area contributed by atoms with Crippen LogP contribution in [0.5, 0.6) is 0 Å². The lowest BCUT2D eigenvalue weighted by Gasteiger charge is -2.29. The van der Waals surface area contributed by atoms with Crippen molar-refractivity contribution in [3.63, 3.8) is 0 Å². The minimum atomic E-state index is 0.787. The molecule has 2 aromatic rings. The van der Waals surface area contributed by atoms with Gasteiger partial charge in [0, 0.05) is 0 Å². The summed E-state index contributed by atoms with van der Waals surface area (Å²) in [6, 6.07) is 19.2. The summed E-state index contributed by atoms with van der Waals surface area (Å²) in [6.07, 6.45) is 24.2. The van der Waals surface area contributed by atoms with Crippen LogP contribution in [0.4, 0.5) is 0 Å². The summed E-state index contributed by atoms with van der Waals surface area (Å²) in [5.41, 5.74) is 5.90. The van der Waals surface area contributed by atoms with Crippen molar-refractivity contribution in [2.45, 2.75) is 135 Å². The summed E-state index contributed by atoms with van der Waals surface area (Å²) in [5.74, 6) is 3.56. The maximum atomic E-state index is 2.43. The van der Waals surface area contributed by atoms with Crippen molar-refractivity contribution in [1.82, 2.24) is 0 Å². The Hall–Kier alpha value is -1.56. The van der Waals surface area contributed by atoms with Crippen LogP contribution >= 0.6 is 0 Å². The van der Waals surface area contributed by atoms with E-state index >= 15 is 0 Å². The van der Waals surface area contributed by atoms with E-state index in [9.17, 15) is 0 Å². The Kier molecular flexibility index (Phi) is 10.8. The van der Waals surface area contributed by atoms with Crippen molar-refractivity contribution < 1.29 is 0 Å². The molecule has 2 aliphatic carbocycles. The van der Waals surface area contributed by atoms with Gasteiger partial charge in [-0.15, -0.1) is 0 Å². The normalized spacial score (nSPS) is 25.0. The Bertz CT molecular complexity index is 813. The average molecular weight is 473 g/mol. The molecule has 2 aliphatic rings. The lowest BCUT2D eigenvalue weighted by Crippen LogP contribution is -2.13. The van der Waals surface area contributed by atoms with Crippen LogP contribution in [0.3, 0.4) is 0 Å². The molecule has 35 heavy (non-hydrogen) atoms. The first kappa shape index (κ1) is 26.5. The zero-order valence-corrected chi connectivity index (χ0v) is 22.9. The Morgan fingerprint density at radius 3 is 1.34 bits per heavy atom. The van der Waals surface area contributed by atoms with Gasteiger partial charge in [0.15, 0.2) is 0 Å². The fourth-order valence-electron chi connectivity index (χ4n) is 7.09. The lowest BCUT2D eigenvalue weighted by molar-refractivity contribution is 0.302. The summed E-state index contributed by atoms with van der Waals surface area (Å²) in [6.45, 7) is 4.64. The second-order valence-electron chi connectivity index (χ2n) is 12.0. The van der Waals surface area contributed by atoms with Gasteiger partial charge in [0.2, 0.25) is 0 Å². The minimum Gasteiger partial charge on any atom is -0.0654 e. The van der Waals surface area contributed by atoms with Crippen LogP contribution in [-0.2, 0) is 0 Å². The summed E-state index contributed by atoms with van der Waals surface area (Å²) in [4.78, 5) is 0. The number of hydrogen-bond acceptors (Lipinski definition) is 0. The molecular weight excluding hydrogens is 420 g/mol. The SMILES string of the molecule is CCCCCCCCC1CCC(c2ccc(-c3ccc(C4CCC(CCC)CC4)cc3)cc2)CC1. The van der Waals surface area contributed by atoms with Crippen molar-refractivity contribution >= 4 is 0 Å². The highest BCUT2D eigenvalue weighted by Gasteiger charge is 2.23. The molecule has 0 heteroatoms. The number of benzene rings is 2. The van der Waals surface area contributed by atoms with E-state index in [1.54, 1.807) is 11.1 Å². The summed E-state index contributed by atoms with van der Waals surface area (Å²) in [7, 11) is 0. The molecule has 0 bridgehead atoms. The lowest BCUT2D eigenvalue weighted by atomic mass is 9.76. The standard InChI is InChI=1S/C35H52/c1-3-5-6-7-8-9-11-29-14-18-31(19-15-29)33-22-26-35(27-23-33)34-24-20-32(21-25-34)30-16-12-28(10-4-2)13-17-30/h20-31H,3-19H2,1-2H3. The summed E-state index contributed by atoms with van der Waals surface area (Å²) < 4.78 is 0. The minimum absolute atomic E-state index is 0.787. The van der Waals surface area contributed by atoms with Crippen molar-refractivity contribution in [3.8, 4) is 11.1 Å². The molecule has 0 spiro atoms. The fourth-order valence-corrected chi connectivity index (χ4v) is 7.09. The molecule has 0 atom stereocenters. The van der Waals surface area contributed by atoms with Gasteiger partial charge in [-0.2, -0.15) is 0 Å². The van der Waals surface area contributed by atoms with E-state index in [1.807, 2.05) is 0 Å². The smallest absolute Gasteiger partial charge is 0.0162 e. The van der Waals surface area contributed by atoms with Gasteiger partial charge in [-0.3, -0.25) is 0 Å². The highest BCUT2D eigenvalue weighted by molar-refractivity contribution is 5.64. The first-order valence-corrected chi connectivity index (χ1v) is 15.5. The number of unbranched alkanes of at least 4 members (excludes halogenated alkanes) is 5. The highest BCUT2D eigenvalue weighted by Crippen LogP contribution is 2.40. The van der Waals surface area contributed by atoms with Gasteiger partial charge in [-0.05, 0) is 97.3 Å². The van der Waals surface area contributed by atoms with Gasteiger partial charge in [0.25, 0.3) is 0 Å². The van der Waals surface area contributed by atoms with Crippen LogP contribution in [0.1, 0.15) is 146 Å². The second kappa shape index (κ2) is 14.2. The third kappa shape index (κ3) is 7.96. The van der Waals surface area contributed by atoms with Crippen molar-refractivity contribution in [3.05, 3.63) is 59.7 Å². The Labute approximate surface area is 217 Å². The second-order valence-corrected chi connectivity index (χ2v) is 12.0. The predicted molar refractivity (Wildman–Crippen MR) is 154 cm³/mol. The number of hydrogen-bond donors (Lipinski definition) is 0. The third-order valence-corrected chi connectivity index (χ3v) is 9.45. The molecule has 0 aromatic heterocycles. The van der Waals surface area contributed by atoms with Gasteiger partial charge in [-0.1, -0.05) is 120 Å². The molecule has 0 nitrogen and oxygen atoms in total. The molecule has 192 valence electrons. The van der Waals surface area contributed by atoms with Crippen LogP contribution in [0.25, 0.3) is 11.1 Å². The first-order chi connectivity index (χ1) is 17.3. The van der Waals surface area contributed by atoms with Crippen molar-refractivity contribution in [1.29, 1.82) is 0 Å². The van der Waals surface area contributed by atoms with Gasteiger partial charge < -0.3 is 0 Å². The molecule has 0 aliphatic heterocycles. The van der Waals surface area contributed by atoms with Crippen LogP contribution in [0.2, 0.25) is 0 Å². The Balaban J connectivity index is 1.21. The molecule has 0 heterocycles. The quantitative estimate of drug-likeness (QED) is 0.269. The Morgan fingerprint density at radius 2 is 0.886 bits per heavy atom. The fraction of sp³-hybridized carbons (Fsp3) is 0.657. The van der Waals surface area contributed by atoms with Crippen molar-refractivity contribution in [2.24, 2.45) is 11.8 Å². The van der Waals surface area contributed by atoms with Gasteiger partial charge in [-0.25, -0.2) is 0 Å². The molecule has 0 saturated heterocycles. The molecule has 2 saturated carbocycles. The van der Waals surface area contributed by atoms with Crippen molar-refractivity contribution in [2.75, 3.05) is 0 Å². The van der Waals surface area contributed by atoms with E-state index in [4.69, 9.17) is 0 Å². The van der Waals surface area contributed by atoms with E-state index in [0.29, 0.717) is 0 Å². The molecule has 4 rings (SSSR count).